The molecule has 0 amide bonds. The Morgan fingerprint density at radius 1 is 1.09 bits per heavy atom. The van der Waals surface area contributed by atoms with Gasteiger partial charge in [0.1, 0.15) is 11.9 Å². The number of halogens is 3. The number of carboxylic acids is 1. The molecule has 2 aromatic carbocycles. The van der Waals surface area contributed by atoms with Crippen molar-refractivity contribution >= 4 is 17.7 Å². The van der Waals surface area contributed by atoms with Crippen LogP contribution in [0.1, 0.15) is 35.4 Å². The molecule has 1 saturated heterocycles. The Balaban J connectivity index is 1.48. The van der Waals surface area contributed by atoms with E-state index in [1.165, 1.54) is 6.07 Å². The topological polar surface area (TPSA) is 118 Å². The summed E-state index contributed by atoms with van der Waals surface area (Å²) in [6.45, 7) is 1.08. The minimum atomic E-state index is -4.38. The summed E-state index contributed by atoms with van der Waals surface area (Å²) in [6.07, 6.45) is -3.05. The van der Waals surface area contributed by atoms with E-state index in [1.807, 2.05) is 17.0 Å². The summed E-state index contributed by atoms with van der Waals surface area (Å²) in [5.74, 6) is -0.536. The SMILES string of the molecule is Nc1nc(-c2ccc(CC(N)C(=O)O)cc2)cc(N2CCC(c3ccccc3C(F)(F)F)CC2)n1. The summed E-state index contributed by atoms with van der Waals surface area (Å²) in [5.41, 5.74) is 13.5. The lowest BCUT2D eigenvalue weighted by Gasteiger charge is -2.34. The molecule has 1 aromatic heterocycles. The minimum Gasteiger partial charge on any atom is -0.480 e. The fraction of sp³-hybridized carbons (Fsp3) is 0.320. The molecule has 0 bridgehead atoms. The van der Waals surface area contributed by atoms with Gasteiger partial charge in [-0.15, -0.1) is 0 Å². The van der Waals surface area contributed by atoms with Gasteiger partial charge < -0.3 is 21.5 Å². The smallest absolute Gasteiger partial charge is 0.416 e. The summed E-state index contributed by atoms with van der Waals surface area (Å²) in [7, 11) is 0. The highest BCUT2D eigenvalue weighted by Gasteiger charge is 2.35. The maximum Gasteiger partial charge on any atom is 0.416 e. The molecule has 4 rings (SSSR count). The van der Waals surface area contributed by atoms with Gasteiger partial charge in [-0.2, -0.15) is 18.2 Å². The number of alkyl halides is 3. The van der Waals surface area contributed by atoms with Crippen LogP contribution in [0.15, 0.2) is 54.6 Å². The van der Waals surface area contributed by atoms with Crippen LogP contribution in [0.4, 0.5) is 24.9 Å². The van der Waals surface area contributed by atoms with Gasteiger partial charge in [0.25, 0.3) is 0 Å². The Bertz CT molecular complexity index is 1190. The predicted molar refractivity (Wildman–Crippen MR) is 127 cm³/mol. The Morgan fingerprint density at radius 3 is 2.37 bits per heavy atom. The van der Waals surface area contributed by atoms with E-state index in [2.05, 4.69) is 9.97 Å². The van der Waals surface area contributed by atoms with Crippen LogP contribution >= 0.6 is 0 Å². The number of aromatic nitrogens is 2. The average Bonchev–Trinajstić information content (AvgIpc) is 2.83. The zero-order chi connectivity index (χ0) is 25.2. The zero-order valence-corrected chi connectivity index (χ0v) is 18.9. The number of hydrogen-bond acceptors (Lipinski definition) is 6. The van der Waals surface area contributed by atoms with Gasteiger partial charge in [0, 0.05) is 24.7 Å². The molecular formula is C25H26F3N5O2. The molecule has 1 aliphatic rings. The molecule has 2 heterocycles. The van der Waals surface area contributed by atoms with E-state index < -0.39 is 23.8 Å². The lowest BCUT2D eigenvalue weighted by atomic mass is 9.86. The highest BCUT2D eigenvalue weighted by Crippen LogP contribution is 2.39. The van der Waals surface area contributed by atoms with Crippen LogP contribution in [0.2, 0.25) is 0 Å². The van der Waals surface area contributed by atoms with Crippen molar-refractivity contribution in [3.8, 4) is 11.3 Å². The Labute approximate surface area is 200 Å². The fourth-order valence-electron chi connectivity index (χ4n) is 4.45. The van der Waals surface area contributed by atoms with Gasteiger partial charge in [-0.1, -0.05) is 42.5 Å². The number of nitrogen functional groups attached to an aromatic ring is 1. The number of nitrogens with zero attached hydrogens (tertiary/aromatic N) is 3. The van der Waals surface area contributed by atoms with Gasteiger partial charge in [0.05, 0.1) is 11.3 Å². The first-order valence-electron chi connectivity index (χ1n) is 11.2. The number of aliphatic carboxylic acids is 1. The third kappa shape index (κ3) is 5.71. The van der Waals surface area contributed by atoms with Gasteiger partial charge in [0.15, 0.2) is 0 Å². The van der Waals surface area contributed by atoms with Crippen molar-refractivity contribution < 1.29 is 23.1 Å². The van der Waals surface area contributed by atoms with Crippen molar-refractivity contribution in [1.29, 1.82) is 0 Å². The molecule has 7 nitrogen and oxygen atoms in total. The number of benzene rings is 2. The second kappa shape index (κ2) is 9.91. The van der Waals surface area contributed by atoms with Crippen LogP contribution in [-0.2, 0) is 17.4 Å². The minimum absolute atomic E-state index is 0.0963. The largest absolute Gasteiger partial charge is 0.480 e. The second-order valence-corrected chi connectivity index (χ2v) is 8.66. The molecular weight excluding hydrogens is 459 g/mol. The van der Waals surface area contributed by atoms with E-state index in [-0.39, 0.29) is 18.3 Å². The van der Waals surface area contributed by atoms with Crippen LogP contribution < -0.4 is 16.4 Å². The van der Waals surface area contributed by atoms with E-state index in [4.69, 9.17) is 16.6 Å². The predicted octanol–water partition coefficient (Wildman–Crippen LogP) is 4.08. The van der Waals surface area contributed by atoms with Crippen molar-refractivity contribution in [3.63, 3.8) is 0 Å². The molecule has 3 aromatic rings. The van der Waals surface area contributed by atoms with E-state index >= 15 is 0 Å². The van der Waals surface area contributed by atoms with Crippen molar-refractivity contribution in [2.24, 2.45) is 5.73 Å². The quantitative estimate of drug-likeness (QED) is 0.481. The Hall–Kier alpha value is -3.66. The van der Waals surface area contributed by atoms with Gasteiger partial charge in [-0.05, 0) is 42.4 Å². The summed E-state index contributed by atoms with van der Waals surface area (Å²) in [5, 5.41) is 8.98. The maximum absolute atomic E-state index is 13.4. The van der Waals surface area contributed by atoms with E-state index in [0.29, 0.717) is 43.0 Å². The molecule has 35 heavy (non-hydrogen) atoms. The van der Waals surface area contributed by atoms with Crippen LogP contribution in [0.5, 0.6) is 0 Å². The third-order valence-corrected chi connectivity index (χ3v) is 6.28. The van der Waals surface area contributed by atoms with Crippen LogP contribution in [0.3, 0.4) is 0 Å². The molecule has 5 N–H and O–H groups in total. The fourth-order valence-corrected chi connectivity index (χ4v) is 4.45. The normalized spacial score (nSPS) is 15.7. The highest BCUT2D eigenvalue weighted by atomic mass is 19.4. The van der Waals surface area contributed by atoms with Gasteiger partial charge in [-0.3, -0.25) is 4.79 Å². The molecule has 0 spiro atoms. The van der Waals surface area contributed by atoms with Gasteiger partial charge in [0.2, 0.25) is 5.95 Å². The maximum atomic E-state index is 13.4. The molecule has 10 heteroatoms. The lowest BCUT2D eigenvalue weighted by Crippen LogP contribution is -2.34. The van der Waals surface area contributed by atoms with E-state index in [1.54, 1.807) is 30.3 Å². The summed E-state index contributed by atoms with van der Waals surface area (Å²) < 4.78 is 40.3. The van der Waals surface area contributed by atoms with Crippen molar-refractivity contribution in [3.05, 3.63) is 71.3 Å². The van der Waals surface area contributed by atoms with Crippen molar-refractivity contribution in [1.82, 2.24) is 9.97 Å². The monoisotopic (exact) mass is 485 g/mol. The molecule has 0 aliphatic carbocycles. The molecule has 1 atom stereocenters. The number of hydrogen-bond donors (Lipinski definition) is 3. The summed E-state index contributed by atoms with van der Waals surface area (Å²) >= 11 is 0. The van der Waals surface area contributed by atoms with Gasteiger partial charge in [-0.25, -0.2) is 4.98 Å². The molecule has 0 radical (unpaired) electrons. The zero-order valence-electron chi connectivity index (χ0n) is 18.9. The molecule has 1 unspecified atom stereocenters. The standard InChI is InChI=1S/C25H26F3N5O2/c26-25(27,28)19-4-2-1-3-18(19)16-9-11-33(12-10-16)22-14-21(31-24(30)32-22)17-7-5-15(6-8-17)13-20(29)23(34)35/h1-8,14,16,20H,9-13,29H2,(H,34,35)(H2,30,31,32). The first kappa shape index (κ1) is 24.5. The number of carboxylic acid groups (broad SMARTS) is 1. The van der Waals surface area contributed by atoms with Crippen molar-refractivity contribution in [2.45, 2.75) is 37.4 Å². The molecule has 0 saturated carbocycles. The average molecular weight is 486 g/mol. The number of carbonyl (C=O) groups is 1. The molecule has 1 aliphatic heterocycles. The Kier molecular flexibility index (Phi) is 6.93. The molecule has 1 fully saturated rings. The number of nitrogens with two attached hydrogens (primary N) is 2. The van der Waals surface area contributed by atoms with Crippen LogP contribution in [-0.4, -0.2) is 40.2 Å². The summed E-state index contributed by atoms with van der Waals surface area (Å²) in [6, 6.07) is 13.8. The second-order valence-electron chi connectivity index (χ2n) is 8.66. The number of anilines is 2. The third-order valence-electron chi connectivity index (χ3n) is 6.28. The lowest BCUT2D eigenvalue weighted by molar-refractivity contribution is -0.139. The number of rotatable bonds is 6. The first-order chi connectivity index (χ1) is 16.6. The van der Waals surface area contributed by atoms with E-state index in [9.17, 15) is 18.0 Å². The number of piperidine rings is 1. The van der Waals surface area contributed by atoms with Crippen molar-refractivity contribution in [2.75, 3.05) is 23.7 Å². The van der Waals surface area contributed by atoms with E-state index in [0.717, 1.165) is 17.2 Å². The molecule has 184 valence electrons. The Morgan fingerprint density at radius 2 is 1.74 bits per heavy atom. The van der Waals surface area contributed by atoms with Crippen LogP contribution in [0, 0.1) is 0 Å². The first-order valence-corrected chi connectivity index (χ1v) is 11.2. The summed E-state index contributed by atoms with van der Waals surface area (Å²) in [4.78, 5) is 21.6. The van der Waals surface area contributed by atoms with Crippen LogP contribution in [0.25, 0.3) is 11.3 Å². The van der Waals surface area contributed by atoms with Gasteiger partial charge >= 0.3 is 12.1 Å². The highest BCUT2D eigenvalue weighted by molar-refractivity contribution is 5.73.